The molecule has 5 nitrogen and oxygen atoms in total. The lowest BCUT2D eigenvalue weighted by Crippen LogP contribution is -2.57. The molecule has 0 bridgehead atoms. The van der Waals surface area contributed by atoms with Crippen LogP contribution in [0.25, 0.3) is 0 Å². The molecule has 0 saturated heterocycles. The lowest BCUT2D eigenvalue weighted by atomic mass is 9.68. The first kappa shape index (κ1) is 23.4. The van der Waals surface area contributed by atoms with Crippen LogP contribution < -0.4 is 5.32 Å². The fourth-order valence-corrected chi connectivity index (χ4v) is 5.15. The van der Waals surface area contributed by atoms with Crippen LogP contribution in [0, 0.1) is 5.41 Å². The Hall–Kier alpha value is -1.86. The smallest absolute Gasteiger partial charge is 0.405 e. The Bertz CT molecular complexity index is 730. The molecule has 2 aromatic heterocycles. The number of nitrogens with one attached hydrogen (secondary N) is 1. The van der Waals surface area contributed by atoms with Gasteiger partial charge in [0.05, 0.1) is 13.1 Å². The van der Waals surface area contributed by atoms with Gasteiger partial charge in [-0.05, 0) is 41.1 Å². The van der Waals surface area contributed by atoms with E-state index >= 15 is 0 Å². The molecule has 0 aliphatic heterocycles. The molecule has 2 N–H and O–H groups in total. The molecule has 0 aliphatic rings. The van der Waals surface area contributed by atoms with Crippen LogP contribution in [0.3, 0.4) is 0 Å². The minimum absolute atomic E-state index is 0.0590. The molecular weight excluding hydrogens is 404 g/mol. The highest BCUT2D eigenvalue weighted by Crippen LogP contribution is 2.38. The Kier molecular flexibility index (Phi) is 8.28. The quantitative estimate of drug-likeness (QED) is 0.482. The molecule has 29 heavy (non-hydrogen) atoms. The molecule has 1 atom stereocenters. The maximum absolute atomic E-state index is 13.2. The number of rotatable bonds is 10. The summed E-state index contributed by atoms with van der Waals surface area (Å²) < 4.78 is 0. The lowest BCUT2D eigenvalue weighted by Gasteiger charge is -2.45. The van der Waals surface area contributed by atoms with Gasteiger partial charge in [0, 0.05) is 21.7 Å². The Balaban J connectivity index is 2.17. The molecule has 0 spiro atoms. The second-order valence-corrected chi connectivity index (χ2v) is 10.5. The van der Waals surface area contributed by atoms with E-state index in [0.29, 0.717) is 32.4 Å². The van der Waals surface area contributed by atoms with Gasteiger partial charge in [-0.3, -0.25) is 4.79 Å². The average Bonchev–Trinajstić information content (AvgIpc) is 3.31. The van der Waals surface area contributed by atoms with Gasteiger partial charge in [0.1, 0.15) is 0 Å². The number of hydrogen-bond acceptors (Lipinski definition) is 4. The molecule has 160 valence electrons. The molecule has 2 rings (SSSR count). The standard InChI is InChI=1S/C22H32N2O3S2/c1-5-11-22(21(2,3)4,23-20(26)27)12-10-19(25)24(15-17-8-6-13-28-17)16-18-9-7-14-29-18/h6-9,13-14,23H,5,10-12,15-16H2,1-4H3,(H,26,27). The lowest BCUT2D eigenvalue weighted by molar-refractivity contribution is -0.133. The van der Waals surface area contributed by atoms with Crippen molar-refractivity contribution in [2.24, 2.45) is 5.41 Å². The minimum Gasteiger partial charge on any atom is -0.465 e. The fraction of sp³-hybridized carbons (Fsp3) is 0.545. The SMILES string of the molecule is CCCC(CCC(=O)N(Cc1cccs1)Cc1cccs1)(NC(=O)O)C(C)(C)C. The first-order chi connectivity index (χ1) is 13.7. The van der Waals surface area contributed by atoms with Gasteiger partial charge in [-0.1, -0.05) is 46.2 Å². The number of thiophene rings is 2. The van der Waals surface area contributed by atoms with Gasteiger partial charge in [-0.15, -0.1) is 22.7 Å². The van der Waals surface area contributed by atoms with E-state index in [1.54, 1.807) is 22.7 Å². The van der Waals surface area contributed by atoms with Crippen molar-refractivity contribution >= 4 is 34.7 Å². The highest BCUT2D eigenvalue weighted by Gasteiger charge is 2.42. The number of amides is 2. The summed E-state index contributed by atoms with van der Waals surface area (Å²) in [6.07, 6.45) is 1.32. The van der Waals surface area contributed by atoms with Crippen LogP contribution in [0.15, 0.2) is 35.0 Å². The predicted octanol–water partition coefficient (Wildman–Crippen LogP) is 5.97. The van der Waals surface area contributed by atoms with Gasteiger partial charge in [-0.25, -0.2) is 4.79 Å². The zero-order valence-electron chi connectivity index (χ0n) is 17.7. The van der Waals surface area contributed by atoms with Crippen molar-refractivity contribution in [3.05, 3.63) is 44.8 Å². The molecule has 0 aliphatic carbocycles. The van der Waals surface area contributed by atoms with Crippen LogP contribution in [-0.2, 0) is 17.9 Å². The number of carbonyl (C=O) groups excluding carboxylic acids is 1. The molecule has 2 aromatic rings. The third kappa shape index (κ3) is 6.57. The van der Waals surface area contributed by atoms with E-state index in [1.165, 1.54) is 0 Å². The summed E-state index contributed by atoms with van der Waals surface area (Å²) in [6, 6.07) is 8.08. The number of hydrogen-bond donors (Lipinski definition) is 2. The minimum atomic E-state index is -1.03. The first-order valence-electron chi connectivity index (χ1n) is 10.0. The van der Waals surface area contributed by atoms with Gasteiger partial charge < -0.3 is 15.3 Å². The fourth-order valence-electron chi connectivity index (χ4n) is 3.71. The van der Waals surface area contributed by atoms with Gasteiger partial charge in [0.15, 0.2) is 0 Å². The zero-order chi connectivity index (χ0) is 21.5. The van der Waals surface area contributed by atoms with Crippen LogP contribution in [0.4, 0.5) is 4.79 Å². The van der Waals surface area contributed by atoms with E-state index < -0.39 is 11.6 Å². The molecule has 0 radical (unpaired) electrons. The Labute approximate surface area is 181 Å². The van der Waals surface area contributed by atoms with E-state index in [4.69, 9.17) is 0 Å². The molecular formula is C22H32N2O3S2. The van der Waals surface area contributed by atoms with Crippen molar-refractivity contribution in [2.75, 3.05) is 0 Å². The molecule has 1 unspecified atom stereocenters. The van der Waals surface area contributed by atoms with Gasteiger partial charge in [0.2, 0.25) is 5.91 Å². The van der Waals surface area contributed by atoms with E-state index in [0.717, 1.165) is 16.2 Å². The van der Waals surface area contributed by atoms with Crippen LogP contribution in [0.5, 0.6) is 0 Å². The second kappa shape index (κ2) is 10.3. The maximum Gasteiger partial charge on any atom is 0.405 e. The average molecular weight is 437 g/mol. The molecule has 0 fully saturated rings. The zero-order valence-corrected chi connectivity index (χ0v) is 19.4. The van der Waals surface area contributed by atoms with Crippen molar-refractivity contribution < 1.29 is 14.7 Å². The van der Waals surface area contributed by atoms with E-state index in [2.05, 4.69) is 5.32 Å². The van der Waals surface area contributed by atoms with E-state index in [9.17, 15) is 14.7 Å². The summed E-state index contributed by atoms with van der Waals surface area (Å²) in [5.41, 5.74) is -0.936. The number of nitrogens with zero attached hydrogens (tertiary/aromatic N) is 1. The monoisotopic (exact) mass is 436 g/mol. The first-order valence-corrected chi connectivity index (χ1v) is 11.8. The van der Waals surface area contributed by atoms with Crippen molar-refractivity contribution in [2.45, 2.75) is 72.0 Å². The topological polar surface area (TPSA) is 69.6 Å². The summed E-state index contributed by atoms with van der Waals surface area (Å²) in [6.45, 7) is 9.33. The van der Waals surface area contributed by atoms with Gasteiger partial charge in [0.25, 0.3) is 0 Å². The predicted molar refractivity (Wildman–Crippen MR) is 120 cm³/mol. The van der Waals surface area contributed by atoms with Crippen LogP contribution in [0.2, 0.25) is 0 Å². The Morgan fingerprint density at radius 1 is 1.03 bits per heavy atom. The highest BCUT2D eigenvalue weighted by atomic mass is 32.1. The van der Waals surface area contributed by atoms with Crippen LogP contribution in [-0.4, -0.2) is 27.5 Å². The van der Waals surface area contributed by atoms with Crippen molar-refractivity contribution in [3.8, 4) is 0 Å². The van der Waals surface area contributed by atoms with Crippen molar-refractivity contribution in [3.63, 3.8) is 0 Å². The molecule has 2 heterocycles. The molecule has 0 aromatic carbocycles. The molecule has 2 amide bonds. The summed E-state index contributed by atoms with van der Waals surface area (Å²) in [5, 5.41) is 16.3. The number of carbonyl (C=O) groups is 2. The Morgan fingerprint density at radius 3 is 1.97 bits per heavy atom. The number of carboxylic acid groups (broad SMARTS) is 1. The van der Waals surface area contributed by atoms with Crippen LogP contribution in [0.1, 0.15) is 63.1 Å². The summed E-state index contributed by atoms with van der Waals surface area (Å²) in [4.78, 5) is 28.9. The van der Waals surface area contributed by atoms with E-state index in [-0.39, 0.29) is 11.3 Å². The van der Waals surface area contributed by atoms with Crippen LogP contribution >= 0.6 is 22.7 Å². The van der Waals surface area contributed by atoms with Gasteiger partial charge >= 0.3 is 6.09 Å². The maximum atomic E-state index is 13.2. The summed E-state index contributed by atoms with van der Waals surface area (Å²) >= 11 is 3.29. The van der Waals surface area contributed by atoms with E-state index in [1.807, 2.05) is 67.6 Å². The third-order valence-corrected chi connectivity index (χ3v) is 7.15. The van der Waals surface area contributed by atoms with Crippen molar-refractivity contribution in [1.82, 2.24) is 10.2 Å². The summed E-state index contributed by atoms with van der Waals surface area (Å²) in [5.74, 6) is 0.0590. The third-order valence-electron chi connectivity index (χ3n) is 5.43. The second-order valence-electron chi connectivity index (χ2n) is 8.42. The highest BCUT2D eigenvalue weighted by molar-refractivity contribution is 7.10. The largest absolute Gasteiger partial charge is 0.465 e. The molecule has 7 heteroatoms. The Morgan fingerprint density at radius 2 is 1.59 bits per heavy atom. The van der Waals surface area contributed by atoms with Crippen molar-refractivity contribution in [1.29, 1.82) is 0 Å². The van der Waals surface area contributed by atoms with Gasteiger partial charge in [-0.2, -0.15) is 0 Å². The normalized spacial score (nSPS) is 13.7. The summed E-state index contributed by atoms with van der Waals surface area (Å²) in [7, 11) is 0. The molecule has 0 saturated carbocycles.